The van der Waals surface area contributed by atoms with Gasteiger partial charge >= 0.3 is 6.09 Å². The highest BCUT2D eigenvalue weighted by atomic mass is 32.1. The van der Waals surface area contributed by atoms with E-state index in [1.807, 2.05) is 23.1 Å². The zero-order valence-corrected chi connectivity index (χ0v) is 21.1. The van der Waals surface area contributed by atoms with Gasteiger partial charge in [-0.05, 0) is 50.5 Å². The van der Waals surface area contributed by atoms with Crippen LogP contribution in [0.2, 0.25) is 0 Å². The van der Waals surface area contributed by atoms with E-state index in [9.17, 15) is 10.1 Å². The molecule has 0 saturated carbocycles. The summed E-state index contributed by atoms with van der Waals surface area (Å²) in [5.74, 6) is 0. The van der Waals surface area contributed by atoms with E-state index in [1.165, 1.54) is 5.56 Å². The van der Waals surface area contributed by atoms with Crippen molar-refractivity contribution in [1.82, 2.24) is 14.8 Å². The van der Waals surface area contributed by atoms with E-state index in [0.29, 0.717) is 18.7 Å². The van der Waals surface area contributed by atoms with Crippen LogP contribution in [0.3, 0.4) is 0 Å². The van der Waals surface area contributed by atoms with E-state index in [0.717, 1.165) is 47.8 Å². The fraction of sp³-hybridized carbons (Fsp3) is 0.444. The van der Waals surface area contributed by atoms with Gasteiger partial charge in [0.25, 0.3) is 0 Å². The Morgan fingerprint density at radius 3 is 2.63 bits per heavy atom. The van der Waals surface area contributed by atoms with Crippen molar-refractivity contribution < 1.29 is 9.53 Å². The number of benzene rings is 2. The molecule has 7 nitrogen and oxygen atoms in total. The van der Waals surface area contributed by atoms with Gasteiger partial charge in [0.2, 0.25) is 0 Å². The molecule has 182 valence electrons. The number of rotatable bonds is 4. The Labute approximate surface area is 210 Å². The normalized spacial score (nSPS) is 21.7. The number of likely N-dealkylation sites (tertiary alicyclic amines) is 1. The fourth-order valence-electron chi connectivity index (χ4n) is 4.99. The van der Waals surface area contributed by atoms with Crippen molar-refractivity contribution in [3.05, 3.63) is 59.7 Å². The number of nitriles is 1. The standard InChI is InChI=1S/C27H31N5O2S/c1-19-17-32(20(2)16-31(19)26-29-24-9-8-22(15-28)14-25(24)35-26)27(33)34-23-10-12-30(13-11-23)18-21-6-4-3-5-7-21/h3-9,14,19-20,23H,10-13,16-18H2,1-2H3/t19-,20+/m0/s1. The van der Waals surface area contributed by atoms with Gasteiger partial charge in [0.15, 0.2) is 5.13 Å². The molecule has 2 atom stereocenters. The lowest BCUT2D eigenvalue weighted by atomic mass is 10.1. The van der Waals surface area contributed by atoms with Crippen LogP contribution in [0.1, 0.15) is 37.8 Å². The number of piperidine rings is 1. The molecule has 0 radical (unpaired) electrons. The van der Waals surface area contributed by atoms with Gasteiger partial charge in [-0.2, -0.15) is 5.26 Å². The van der Waals surface area contributed by atoms with Crippen LogP contribution in [0, 0.1) is 11.3 Å². The number of aromatic nitrogens is 1. The molecule has 1 aromatic heterocycles. The second-order valence-corrected chi connectivity index (χ2v) is 10.6. The van der Waals surface area contributed by atoms with Crippen LogP contribution in [-0.4, -0.2) is 65.2 Å². The first kappa shape index (κ1) is 23.6. The molecule has 0 bridgehead atoms. The summed E-state index contributed by atoms with van der Waals surface area (Å²) in [7, 11) is 0. The number of carbonyl (C=O) groups is 1. The smallest absolute Gasteiger partial charge is 0.410 e. The van der Waals surface area contributed by atoms with Crippen molar-refractivity contribution in [2.24, 2.45) is 0 Å². The average molecular weight is 490 g/mol. The number of hydrogen-bond acceptors (Lipinski definition) is 7. The minimum absolute atomic E-state index is 0.0198. The van der Waals surface area contributed by atoms with Crippen LogP contribution in [-0.2, 0) is 11.3 Å². The monoisotopic (exact) mass is 489 g/mol. The van der Waals surface area contributed by atoms with E-state index in [2.05, 4.69) is 54.0 Å². The summed E-state index contributed by atoms with van der Waals surface area (Å²) in [5.41, 5.74) is 2.87. The molecule has 8 heteroatoms. The molecular weight excluding hydrogens is 458 g/mol. The molecule has 0 unspecified atom stereocenters. The van der Waals surface area contributed by atoms with E-state index in [-0.39, 0.29) is 24.3 Å². The van der Waals surface area contributed by atoms with Crippen LogP contribution in [0.4, 0.5) is 9.93 Å². The molecule has 35 heavy (non-hydrogen) atoms. The quantitative estimate of drug-likeness (QED) is 0.521. The van der Waals surface area contributed by atoms with Crippen molar-refractivity contribution in [2.75, 3.05) is 31.1 Å². The number of fused-ring (bicyclic) bond motifs is 1. The van der Waals surface area contributed by atoms with Crippen LogP contribution >= 0.6 is 11.3 Å². The number of ether oxygens (including phenoxy) is 1. The van der Waals surface area contributed by atoms with Gasteiger partial charge in [-0.1, -0.05) is 41.7 Å². The first-order valence-electron chi connectivity index (χ1n) is 12.3. The second-order valence-electron chi connectivity index (χ2n) is 9.64. The lowest BCUT2D eigenvalue weighted by molar-refractivity contribution is 0.0166. The van der Waals surface area contributed by atoms with Gasteiger partial charge in [0.1, 0.15) is 6.10 Å². The first-order chi connectivity index (χ1) is 17.0. The van der Waals surface area contributed by atoms with Crippen LogP contribution in [0.25, 0.3) is 10.2 Å². The summed E-state index contributed by atoms with van der Waals surface area (Å²) in [6, 6.07) is 18.5. The summed E-state index contributed by atoms with van der Waals surface area (Å²) in [5, 5.41) is 10.1. The van der Waals surface area contributed by atoms with Gasteiger partial charge in [-0.25, -0.2) is 9.78 Å². The molecule has 3 heterocycles. The van der Waals surface area contributed by atoms with E-state index in [1.54, 1.807) is 17.4 Å². The maximum absolute atomic E-state index is 13.1. The Kier molecular flexibility index (Phi) is 6.89. The van der Waals surface area contributed by atoms with Crippen LogP contribution < -0.4 is 4.90 Å². The van der Waals surface area contributed by atoms with E-state index >= 15 is 0 Å². The zero-order chi connectivity index (χ0) is 24.4. The molecule has 0 spiro atoms. The Balaban J connectivity index is 1.15. The molecule has 3 aromatic rings. The third kappa shape index (κ3) is 5.26. The number of thiazole rings is 1. The minimum Gasteiger partial charge on any atom is -0.446 e. The third-order valence-corrected chi connectivity index (χ3v) is 8.08. The Morgan fingerprint density at radius 2 is 1.89 bits per heavy atom. The number of hydrogen-bond donors (Lipinski definition) is 0. The maximum Gasteiger partial charge on any atom is 0.410 e. The second kappa shape index (κ2) is 10.2. The van der Waals surface area contributed by atoms with Crippen molar-refractivity contribution in [3.63, 3.8) is 0 Å². The molecular formula is C27H31N5O2S. The lowest BCUT2D eigenvalue weighted by Gasteiger charge is -2.44. The van der Waals surface area contributed by atoms with Crippen LogP contribution in [0.5, 0.6) is 0 Å². The highest BCUT2D eigenvalue weighted by Crippen LogP contribution is 2.33. The molecule has 0 aliphatic carbocycles. The molecule has 1 amide bonds. The fourth-order valence-corrected chi connectivity index (χ4v) is 6.11. The first-order valence-corrected chi connectivity index (χ1v) is 13.1. The van der Waals surface area contributed by atoms with E-state index < -0.39 is 0 Å². The summed E-state index contributed by atoms with van der Waals surface area (Å²) >= 11 is 1.60. The Hall–Kier alpha value is -3.15. The van der Waals surface area contributed by atoms with Gasteiger partial charge in [-0.15, -0.1) is 0 Å². The van der Waals surface area contributed by atoms with Gasteiger partial charge in [-0.3, -0.25) is 4.90 Å². The highest BCUT2D eigenvalue weighted by Gasteiger charge is 2.35. The average Bonchev–Trinajstić information content (AvgIpc) is 3.30. The SMILES string of the molecule is C[C@@H]1CN(c2nc3ccc(C#N)cc3s2)[C@@H](C)CN1C(=O)OC1CCN(Cc2ccccc2)CC1. The number of nitrogens with zero attached hydrogens (tertiary/aromatic N) is 5. The summed E-state index contributed by atoms with van der Waals surface area (Å²) in [6.45, 7) is 8.34. The molecule has 2 fully saturated rings. The molecule has 2 aliphatic rings. The van der Waals surface area contributed by atoms with Crippen molar-refractivity contribution in [1.29, 1.82) is 5.26 Å². The van der Waals surface area contributed by atoms with Gasteiger partial charge < -0.3 is 14.5 Å². The molecule has 2 aliphatic heterocycles. The Morgan fingerprint density at radius 1 is 1.11 bits per heavy atom. The minimum atomic E-state index is -0.200. The van der Waals surface area contributed by atoms with Crippen molar-refractivity contribution in [2.45, 2.75) is 51.4 Å². The van der Waals surface area contributed by atoms with Gasteiger partial charge in [0.05, 0.1) is 21.8 Å². The molecule has 2 saturated heterocycles. The predicted octanol–water partition coefficient (Wildman–Crippen LogP) is 4.87. The molecule has 5 rings (SSSR count). The Bertz CT molecular complexity index is 1220. The maximum atomic E-state index is 13.1. The summed E-state index contributed by atoms with van der Waals surface area (Å²) < 4.78 is 6.97. The van der Waals surface area contributed by atoms with Crippen molar-refractivity contribution in [3.8, 4) is 6.07 Å². The zero-order valence-electron chi connectivity index (χ0n) is 20.3. The third-order valence-electron chi connectivity index (χ3n) is 7.02. The van der Waals surface area contributed by atoms with Gasteiger partial charge in [0, 0.05) is 44.8 Å². The topological polar surface area (TPSA) is 72.7 Å². The van der Waals surface area contributed by atoms with E-state index in [4.69, 9.17) is 9.72 Å². The van der Waals surface area contributed by atoms with Crippen molar-refractivity contribution >= 4 is 32.8 Å². The molecule has 2 aromatic carbocycles. The summed E-state index contributed by atoms with van der Waals surface area (Å²) in [6.07, 6.45) is 1.53. The number of anilines is 1. The number of carbonyl (C=O) groups excluding carboxylic acids is 1. The predicted molar refractivity (Wildman–Crippen MR) is 139 cm³/mol. The number of piperazine rings is 1. The summed E-state index contributed by atoms with van der Waals surface area (Å²) in [4.78, 5) is 24.4. The number of amides is 1. The lowest BCUT2D eigenvalue weighted by Crippen LogP contribution is -2.58. The van der Waals surface area contributed by atoms with Crippen LogP contribution in [0.15, 0.2) is 48.5 Å². The molecule has 0 N–H and O–H groups in total. The largest absolute Gasteiger partial charge is 0.446 e. The highest BCUT2D eigenvalue weighted by molar-refractivity contribution is 7.22.